The molecule has 142 valence electrons. The Hall–Kier alpha value is -3.28. The van der Waals surface area contributed by atoms with E-state index in [0.717, 1.165) is 38.0 Å². The Morgan fingerprint density at radius 2 is 1.86 bits per heavy atom. The fraction of sp³-hybridized carbons (Fsp3) is 0.273. The topological polar surface area (TPSA) is 68.2 Å². The lowest BCUT2D eigenvalue weighted by Gasteiger charge is -2.15. The molecule has 2 aromatic heterocycles. The lowest BCUT2D eigenvalue weighted by atomic mass is 10.2. The van der Waals surface area contributed by atoms with E-state index in [1.807, 2.05) is 36.1 Å². The Morgan fingerprint density at radius 1 is 1.07 bits per heavy atom. The summed E-state index contributed by atoms with van der Waals surface area (Å²) < 4.78 is 5.94. The monoisotopic (exact) mass is 374 g/mol. The summed E-state index contributed by atoms with van der Waals surface area (Å²) in [5, 5.41) is 0. The second kappa shape index (κ2) is 8.17. The second-order valence-electron chi connectivity index (χ2n) is 6.72. The summed E-state index contributed by atoms with van der Waals surface area (Å²) in [6.07, 6.45) is 4.65. The van der Waals surface area contributed by atoms with Gasteiger partial charge in [0.15, 0.2) is 5.82 Å². The molecule has 0 N–H and O–H groups in total. The van der Waals surface area contributed by atoms with Gasteiger partial charge in [-0.15, -0.1) is 0 Å². The average Bonchev–Trinajstić information content (AvgIpc) is 3.29. The van der Waals surface area contributed by atoms with E-state index in [-0.39, 0.29) is 5.91 Å². The van der Waals surface area contributed by atoms with E-state index < -0.39 is 0 Å². The van der Waals surface area contributed by atoms with Crippen molar-refractivity contribution in [2.75, 3.05) is 13.1 Å². The van der Waals surface area contributed by atoms with Crippen molar-refractivity contribution in [1.82, 2.24) is 19.9 Å². The van der Waals surface area contributed by atoms with Crippen LogP contribution in [0.25, 0.3) is 11.5 Å². The Bertz CT molecular complexity index is 952. The fourth-order valence-electron chi connectivity index (χ4n) is 3.20. The summed E-state index contributed by atoms with van der Waals surface area (Å²) in [5.41, 5.74) is 2.26. The summed E-state index contributed by atoms with van der Waals surface area (Å²) in [4.78, 5) is 27.7. The Morgan fingerprint density at radius 3 is 2.54 bits per heavy atom. The second-order valence-corrected chi connectivity index (χ2v) is 6.72. The minimum absolute atomic E-state index is 0.0804. The first kappa shape index (κ1) is 18.1. The highest BCUT2D eigenvalue weighted by Gasteiger charge is 2.19. The van der Waals surface area contributed by atoms with Gasteiger partial charge in [-0.1, -0.05) is 13.0 Å². The molecule has 1 fully saturated rings. The van der Waals surface area contributed by atoms with E-state index in [2.05, 4.69) is 15.0 Å². The van der Waals surface area contributed by atoms with E-state index in [9.17, 15) is 4.79 Å². The number of aryl methyl sites for hydroxylation is 1. The number of pyridine rings is 1. The van der Waals surface area contributed by atoms with Crippen molar-refractivity contribution in [3.8, 4) is 23.1 Å². The molecule has 1 amide bonds. The van der Waals surface area contributed by atoms with Gasteiger partial charge in [0.25, 0.3) is 5.91 Å². The van der Waals surface area contributed by atoms with Crippen molar-refractivity contribution in [1.29, 1.82) is 0 Å². The smallest absolute Gasteiger partial charge is 0.253 e. The van der Waals surface area contributed by atoms with Crippen LogP contribution in [-0.4, -0.2) is 38.8 Å². The number of ether oxygens (including phenoxy) is 1. The van der Waals surface area contributed by atoms with Crippen LogP contribution in [0.3, 0.4) is 0 Å². The molecule has 1 saturated heterocycles. The number of aromatic nitrogens is 3. The molecule has 1 aliphatic heterocycles. The maximum atomic E-state index is 12.5. The van der Waals surface area contributed by atoms with Gasteiger partial charge in [0.2, 0.25) is 5.88 Å². The van der Waals surface area contributed by atoms with E-state index in [1.54, 1.807) is 30.5 Å². The SMILES string of the molecule is CCc1cc(Oc2ccc(C(=O)N3CCCC3)cc2)nc(-c2ccccn2)n1. The van der Waals surface area contributed by atoms with Crippen molar-refractivity contribution in [2.45, 2.75) is 26.2 Å². The van der Waals surface area contributed by atoms with E-state index in [0.29, 0.717) is 28.7 Å². The molecule has 1 aromatic carbocycles. The Balaban J connectivity index is 1.54. The predicted molar refractivity (Wildman–Crippen MR) is 106 cm³/mol. The average molecular weight is 374 g/mol. The minimum atomic E-state index is 0.0804. The summed E-state index contributed by atoms with van der Waals surface area (Å²) in [7, 11) is 0. The molecule has 4 rings (SSSR count). The predicted octanol–water partition coefficient (Wildman–Crippen LogP) is 4.13. The number of benzene rings is 1. The molecular formula is C22H22N4O2. The number of hydrogen-bond donors (Lipinski definition) is 0. The van der Waals surface area contributed by atoms with E-state index in [4.69, 9.17) is 4.74 Å². The summed E-state index contributed by atoms with van der Waals surface area (Å²) in [6.45, 7) is 3.72. The fourth-order valence-corrected chi connectivity index (χ4v) is 3.20. The zero-order chi connectivity index (χ0) is 19.3. The third-order valence-corrected chi connectivity index (χ3v) is 4.73. The maximum absolute atomic E-state index is 12.5. The third-order valence-electron chi connectivity index (χ3n) is 4.73. The quantitative estimate of drug-likeness (QED) is 0.672. The van der Waals surface area contributed by atoms with Crippen molar-refractivity contribution >= 4 is 5.91 Å². The van der Waals surface area contributed by atoms with Crippen LogP contribution in [0.1, 0.15) is 35.8 Å². The van der Waals surface area contributed by atoms with Gasteiger partial charge < -0.3 is 9.64 Å². The summed E-state index contributed by atoms with van der Waals surface area (Å²) in [6, 6.07) is 14.7. The molecule has 0 unspecified atom stereocenters. The van der Waals surface area contributed by atoms with Crippen LogP contribution in [0.5, 0.6) is 11.6 Å². The van der Waals surface area contributed by atoms with Crippen molar-refractivity contribution in [3.63, 3.8) is 0 Å². The van der Waals surface area contributed by atoms with Crippen molar-refractivity contribution in [2.24, 2.45) is 0 Å². The lowest BCUT2D eigenvalue weighted by Crippen LogP contribution is -2.27. The lowest BCUT2D eigenvalue weighted by molar-refractivity contribution is 0.0793. The number of likely N-dealkylation sites (tertiary alicyclic amines) is 1. The third kappa shape index (κ3) is 4.01. The molecule has 0 aliphatic carbocycles. The van der Waals surface area contributed by atoms with Gasteiger partial charge in [0.05, 0.1) is 0 Å². The molecule has 0 radical (unpaired) electrons. The van der Waals surface area contributed by atoms with E-state index in [1.165, 1.54) is 0 Å². The van der Waals surface area contributed by atoms with Gasteiger partial charge in [0, 0.05) is 36.6 Å². The highest BCUT2D eigenvalue weighted by Crippen LogP contribution is 2.24. The van der Waals surface area contributed by atoms with Crippen LogP contribution in [0.15, 0.2) is 54.7 Å². The molecule has 6 heteroatoms. The molecule has 0 spiro atoms. The molecule has 28 heavy (non-hydrogen) atoms. The first-order chi connectivity index (χ1) is 13.7. The van der Waals surface area contributed by atoms with Gasteiger partial charge >= 0.3 is 0 Å². The molecule has 6 nitrogen and oxygen atoms in total. The van der Waals surface area contributed by atoms with Crippen molar-refractivity contribution in [3.05, 3.63) is 66.0 Å². The van der Waals surface area contributed by atoms with E-state index >= 15 is 0 Å². The van der Waals surface area contributed by atoms with Gasteiger partial charge in [-0.2, -0.15) is 4.98 Å². The summed E-state index contributed by atoms with van der Waals surface area (Å²) >= 11 is 0. The molecule has 0 atom stereocenters. The molecule has 3 aromatic rings. The van der Waals surface area contributed by atoms with Crippen LogP contribution in [0.4, 0.5) is 0 Å². The molecule has 0 bridgehead atoms. The number of nitrogens with zero attached hydrogens (tertiary/aromatic N) is 4. The molecule has 0 saturated carbocycles. The summed E-state index contributed by atoms with van der Waals surface area (Å²) in [5.74, 6) is 1.71. The maximum Gasteiger partial charge on any atom is 0.253 e. The van der Waals surface area contributed by atoms with Crippen LogP contribution in [-0.2, 0) is 6.42 Å². The van der Waals surface area contributed by atoms with Crippen LogP contribution >= 0.6 is 0 Å². The molecule has 3 heterocycles. The van der Waals surface area contributed by atoms with Crippen LogP contribution in [0.2, 0.25) is 0 Å². The molecular weight excluding hydrogens is 352 g/mol. The zero-order valence-corrected chi connectivity index (χ0v) is 15.8. The van der Waals surface area contributed by atoms with Gasteiger partial charge in [0.1, 0.15) is 11.4 Å². The van der Waals surface area contributed by atoms with Crippen LogP contribution in [0, 0.1) is 0 Å². The van der Waals surface area contributed by atoms with Gasteiger partial charge in [-0.05, 0) is 55.7 Å². The minimum Gasteiger partial charge on any atom is -0.439 e. The highest BCUT2D eigenvalue weighted by molar-refractivity contribution is 5.94. The normalized spacial score (nSPS) is 13.5. The molecule has 1 aliphatic rings. The number of hydrogen-bond acceptors (Lipinski definition) is 5. The first-order valence-electron chi connectivity index (χ1n) is 9.59. The number of amides is 1. The highest BCUT2D eigenvalue weighted by atomic mass is 16.5. The standard InChI is InChI=1S/C22H22N4O2/c1-2-17-15-20(25-21(24-17)19-7-3-4-12-23-19)28-18-10-8-16(9-11-18)22(27)26-13-5-6-14-26/h3-4,7-12,15H,2,5-6,13-14H2,1H3. The van der Waals surface area contributed by atoms with Crippen molar-refractivity contribution < 1.29 is 9.53 Å². The largest absolute Gasteiger partial charge is 0.439 e. The number of rotatable bonds is 5. The number of carbonyl (C=O) groups excluding carboxylic acids is 1. The first-order valence-corrected chi connectivity index (χ1v) is 9.59. The van der Waals surface area contributed by atoms with Crippen LogP contribution < -0.4 is 4.74 Å². The zero-order valence-electron chi connectivity index (χ0n) is 15.8. The Kier molecular flexibility index (Phi) is 5.28. The van der Waals surface area contributed by atoms with Gasteiger partial charge in [-0.3, -0.25) is 9.78 Å². The van der Waals surface area contributed by atoms with Gasteiger partial charge in [-0.25, -0.2) is 4.98 Å². The Labute approximate surface area is 164 Å². The number of carbonyl (C=O) groups is 1.